The van der Waals surface area contributed by atoms with Crippen LogP contribution in [0.15, 0.2) is 65.9 Å². The van der Waals surface area contributed by atoms with Crippen molar-refractivity contribution in [2.75, 3.05) is 26.2 Å². The molecule has 2 N–H and O–H groups in total. The molecule has 1 atom stereocenters. The zero-order chi connectivity index (χ0) is 25.1. The molecule has 2 aromatic rings. The van der Waals surface area contributed by atoms with E-state index in [0.717, 1.165) is 11.4 Å². The van der Waals surface area contributed by atoms with Gasteiger partial charge in [0.2, 0.25) is 0 Å². The molecule has 1 saturated heterocycles. The summed E-state index contributed by atoms with van der Waals surface area (Å²) in [5, 5.41) is 24.5. The van der Waals surface area contributed by atoms with Crippen LogP contribution >= 0.6 is 12.2 Å². The van der Waals surface area contributed by atoms with Gasteiger partial charge in [0.15, 0.2) is 5.11 Å². The van der Waals surface area contributed by atoms with Gasteiger partial charge in [-0.2, -0.15) is 0 Å². The van der Waals surface area contributed by atoms with Gasteiger partial charge in [-0.1, -0.05) is 42.5 Å². The van der Waals surface area contributed by atoms with Gasteiger partial charge in [-0.15, -0.1) is 0 Å². The van der Waals surface area contributed by atoms with Crippen molar-refractivity contribution in [3.8, 4) is 0 Å². The van der Waals surface area contributed by atoms with Crippen LogP contribution in [0.4, 0.5) is 10.5 Å². The van der Waals surface area contributed by atoms with Crippen LogP contribution in [0, 0.1) is 10.1 Å². The van der Waals surface area contributed by atoms with Gasteiger partial charge in [-0.05, 0) is 30.8 Å². The first-order valence-electron chi connectivity index (χ1n) is 11.1. The lowest BCUT2D eigenvalue weighted by atomic mass is 9.93. The molecular formula is C24H25N5O5S. The second-order valence-electron chi connectivity index (χ2n) is 8.39. The van der Waals surface area contributed by atoms with E-state index in [1.165, 1.54) is 30.7 Å². The maximum absolute atomic E-state index is 13.7. The van der Waals surface area contributed by atoms with Gasteiger partial charge in [0, 0.05) is 44.5 Å². The Balaban J connectivity index is 1.62. The molecular weight excluding hydrogens is 470 g/mol. The van der Waals surface area contributed by atoms with Crippen LogP contribution in [-0.2, 0) is 11.3 Å². The quantitative estimate of drug-likeness (QED) is 0.369. The number of hydrogen-bond acceptors (Lipinski definition) is 6. The standard InChI is InChI=1S/C24H25N5O5S/c1-16-20(22(30)31)21(18-9-5-6-10-19(18)29(33)34)28(23(35)25-16)24(32)27-13-11-26(12-14-27)15-17-7-3-2-4-8-17/h2-10,21H,11-15H2,1H3,(H,25,35)(H,30,31). The second-order valence-corrected chi connectivity index (χ2v) is 8.78. The molecule has 2 aliphatic heterocycles. The summed E-state index contributed by atoms with van der Waals surface area (Å²) in [6.07, 6.45) is 0. The van der Waals surface area contributed by atoms with E-state index in [0.29, 0.717) is 26.2 Å². The van der Waals surface area contributed by atoms with Crippen molar-refractivity contribution >= 4 is 35.0 Å². The Morgan fingerprint density at radius 1 is 1.09 bits per heavy atom. The molecule has 0 saturated carbocycles. The van der Waals surface area contributed by atoms with Crippen LogP contribution < -0.4 is 5.32 Å². The largest absolute Gasteiger partial charge is 0.478 e. The highest BCUT2D eigenvalue weighted by Crippen LogP contribution is 2.38. The SMILES string of the molecule is CC1=C(C(=O)O)C(c2ccccc2[N+](=O)[O-])N(C(=O)N2CCN(Cc3ccccc3)CC2)C(=S)N1. The number of para-hydroxylation sites is 1. The Kier molecular flexibility index (Phi) is 7.08. The molecule has 182 valence electrons. The summed E-state index contributed by atoms with van der Waals surface area (Å²) in [5.74, 6) is -1.29. The fraction of sp³-hybridized carbons (Fsp3) is 0.292. The third-order valence-electron chi connectivity index (χ3n) is 6.21. The number of carboxylic acids is 1. The second kappa shape index (κ2) is 10.2. The molecule has 0 bridgehead atoms. The predicted molar refractivity (Wildman–Crippen MR) is 132 cm³/mol. The van der Waals surface area contributed by atoms with E-state index < -0.39 is 23.0 Å². The number of nitrogens with zero attached hydrogens (tertiary/aromatic N) is 4. The number of allylic oxidation sites excluding steroid dienone is 1. The van der Waals surface area contributed by atoms with Crippen molar-refractivity contribution in [2.24, 2.45) is 0 Å². The minimum absolute atomic E-state index is 0.00682. The Morgan fingerprint density at radius 3 is 2.34 bits per heavy atom. The molecule has 4 rings (SSSR count). The maximum atomic E-state index is 13.7. The van der Waals surface area contributed by atoms with E-state index in [2.05, 4.69) is 22.3 Å². The maximum Gasteiger partial charge on any atom is 0.335 e. The molecule has 2 heterocycles. The summed E-state index contributed by atoms with van der Waals surface area (Å²) < 4.78 is 0. The summed E-state index contributed by atoms with van der Waals surface area (Å²) in [6, 6.07) is 14.1. The third-order valence-corrected chi connectivity index (χ3v) is 6.50. The average Bonchev–Trinajstić information content (AvgIpc) is 2.84. The van der Waals surface area contributed by atoms with Gasteiger partial charge in [0.1, 0.15) is 6.04 Å². The number of rotatable bonds is 5. The molecule has 10 nitrogen and oxygen atoms in total. The zero-order valence-electron chi connectivity index (χ0n) is 19.1. The number of carbonyl (C=O) groups is 2. The number of nitro groups is 1. The Hall–Kier alpha value is -3.83. The highest BCUT2D eigenvalue weighted by atomic mass is 32.1. The lowest BCUT2D eigenvalue weighted by molar-refractivity contribution is -0.385. The summed E-state index contributed by atoms with van der Waals surface area (Å²) in [4.78, 5) is 42.1. The summed E-state index contributed by atoms with van der Waals surface area (Å²) in [7, 11) is 0. The molecule has 2 aromatic carbocycles. The third kappa shape index (κ3) is 5.00. The van der Waals surface area contributed by atoms with Crippen molar-refractivity contribution in [2.45, 2.75) is 19.5 Å². The zero-order valence-corrected chi connectivity index (χ0v) is 19.9. The molecule has 0 aliphatic carbocycles. The topological polar surface area (TPSA) is 119 Å². The normalized spacial score (nSPS) is 18.9. The summed E-state index contributed by atoms with van der Waals surface area (Å²) in [6.45, 7) is 4.38. The predicted octanol–water partition coefficient (Wildman–Crippen LogP) is 3.12. The first-order chi connectivity index (χ1) is 16.8. The number of carboxylic acid groups (broad SMARTS) is 1. The molecule has 1 fully saturated rings. The van der Waals surface area contributed by atoms with Gasteiger partial charge in [-0.3, -0.25) is 19.9 Å². The Bertz CT molecular complexity index is 1190. The lowest BCUT2D eigenvalue weighted by Crippen LogP contribution is -2.58. The number of aliphatic carboxylic acids is 1. The monoisotopic (exact) mass is 495 g/mol. The number of thiocarbonyl (C=S) groups is 1. The van der Waals surface area contributed by atoms with Crippen LogP contribution in [0.2, 0.25) is 0 Å². The van der Waals surface area contributed by atoms with E-state index in [9.17, 15) is 24.8 Å². The van der Waals surface area contributed by atoms with Crippen molar-refractivity contribution in [1.29, 1.82) is 0 Å². The highest BCUT2D eigenvalue weighted by Gasteiger charge is 2.44. The van der Waals surface area contributed by atoms with Crippen LogP contribution in [0.5, 0.6) is 0 Å². The number of benzene rings is 2. The molecule has 11 heteroatoms. The van der Waals surface area contributed by atoms with Crippen LogP contribution in [-0.4, -0.2) is 68.0 Å². The van der Waals surface area contributed by atoms with E-state index in [-0.39, 0.29) is 27.6 Å². The van der Waals surface area contributed by atoms with E-state index in [4.69, 9.17) is 12.2 Å². The molecule has 35 heavy (non-hydrogen) atoms. The molecule has 0 spiro atoms. The molecule has 2 aliphatic rings. The molecule has 0 aromatic heterocycles. The van der Waals surface area contributed by atoms with Crippen LogP contribution in [0.3, 0.4) is 0 Å². The average molecular weight is 496 g/mol. The van der Waals surface area contributed by atoms with Crippen molar-refractivity contribution < 1.29 is 19.6 Å². The van der Waals surface area contributed by atoms with Crippen molar-refractivity contribution in [1.82, 2.24) is 20.0 Å². The Labute approximate surface area is 207 Å². The van der Waals surface area contributed by atoms with Gasteiger partial charge in [-0.25, -0.2) is 9.59 Å². The van der Waals surface area contributed by atoms with E-state index >= 15 is 0 Å². The number of urea groups is 1. The van der Waals surface area contributed by atoms with E-state index in [1.54, 1.807) is 11.0 Å². The van der Waals surface area contributed by atoms with Gasteiger partial charge in [0.25, 0.3) is 5.69 Å². The van der Waals surface area contributed by atoms with Gasteiger partial charge < -0.3 is 15.3 Å². The van der Waals surface area contributed by atoms with Crippen molar-refractivity contribution in [3.05, 3.63) is 87.1 Å². The van der Waals surface area contributed by atoms with Crippen LogP contribution in [0.1, 0.15) is 24.1 Å². The summed E-state index contributed by atoms with van der Waals surface area (Å²) >= 11 is 5.45. The van der Waals surface area contributed by atoms with Gasteiger partial charge in [0.05, 0.1) is 16.1 Å². The number of nitro benzene ring substituents is 1. The van der Waals surface area contributed by atoms with Crippen LogP contribution in [0.25, 0.3) is 0 Å². The van der Waals surface area contributed by atoms with E-state index in [1.807, 2.05) is 18.2 Å². The lowest BCUT2D eigenvalue weighted by Gasteiger charge is -2.42. The first kappa shape index (κ1) is 24.3. The molecule has 1 unspecified atom stereocenters. The first-order valence-corrected chi connectivity index (χ1v) is 11.5. The fourth-order valence-electron chi connectivity index (χ4n) is 4.48. The number of nitrogens with one attached hydrogen (secondary N) is 1. The van der Waals surface area contributed by atoms with Crippen molar-refractivity contribution in [3.63, 3.8) is 0 Å². The minimum Gasteiger partial charge on any atom is -0.478 e. The Morgan fingerprint density at radius 2 is 1.71 bits per heavy atom. The smallest absolute Gasteiger partial charge is 0.335 e. The van der Waals surface area contributed by atoms with Gasteiger partial charge >= 0.3 is 12.0 Å². The molecule has 0 radical (unpaired) electrons. The minimum atomic E-state index is -1.29. The summed E-state index contributed by atoms with van der Waals surface area (Å²) in [5.41, 5.74) is 1.07. The number of piperazine rings is 1. The highest BCUT2D eigenvalue weighted by molar-refractivity contribution is 7.80. The fourth-order valence-corrected chi connectivity index (χ4v) is 4.82. The molecule has 2 amide bonds. The number of carbonyl (C=O) groups excluding carboxylic acids is 1. The number of amides is 2. The number of hydrogen-bond donors (Lipinski definition) is 2.